The van der Waals surface area contributed by atoms with Crippen LogP contribution in [0.5, 0.6) is 11.5 Å². The minimum absolute atomic E-state index is 0.0361. The summed E-state index contributed by atoms with van der Waals surface area (Å²) in [6.45, 7) is 7.96. The highest BCUT2D eigenvalue weighted by atomic mass is 32.2. The Hall–Kier alpha value is -3.37. The molecule has 0 amide bonds. The van der Waals surface area contributed by atoms with Crippen molar-refractivity contribution in [3.8, 4) is 11.5 Å². The van der Waals surface area contributed by atoms with Crippen molar-refractivity contribution < 1.29 is 17.9 Å². The zero-order valence-electron chi connectivity index (χ0n) is 19.2. The zero-order chi connectivity index (χ0) is 23.9. The molecule has 0 radical (unpaired) electrons. The number of fused-ring (bicyclic) bond motifs is 1. The molecule has 178 valence electrons. The van der Waals surface area contributed by atoms with E-state index in [0.29, 0.717) is 19.0 Å². The number of aromatic nitrogens is 2. The third-order valence-electron chi connectivity index (χ3n) is 6.35. The number of hydrogen-bond donors (Lipinski definition) is 1. The number of aryl methyl sites for hydroxylation is 2. The van der Waals surface area contributed by atoms with E-state index in [4.69, 9.17) is 15.2 Å². The standard InChI is InChI=1S/C24H27N5O4S/c1-16-3-5-19(11-17(16)2)34(30,31)22-13-26-24(27-23(22)25)29-9-7-28(8-10-29)14-18-4-6-20-21(12-18)33-15-32-20/h3-6,11-13H,7-10,14-15H2,1-2H3,(H2,25,26,27). The van der Waals surface area contributed by atoms with Gasteiger partial charge < -0.3 is 20.1 Å². The van der Waals surface area contributed by atoms with Gasteiger partial charge in [-0.05, 0) is 54.8 Å². The molecule has 1 saturated heterocycles. The molecule has 2 N–H and O–H groups in total. The molecule has 2 aromatic carbocycles. The molecule has 9 nitrogen and oxygen atoms in total. The van der Waals surface area contributed by atoms with E-state index < -0.39 is 9.84 Å². The number of ether oxygens (including phenoxy) is 2. The van der Waals surface area contributed by atoms with Gasteiger partial charge in [0.25, 0.3) is 0 Å². The lowest BCUT2D eigenvalue weighted by molar-refractivity contribution is 0.174. The van der Waals surface area contributed by atoms with E-state index in [1.807, 2.05) is 30.9 Å². The maximum absolute atomic E-state index is 13.1. The first-order valence-electron chi connectivity index (χ1n) is 11.1. The Morgan fingerprint density at radius 2 is 1.74 bits per heavy atom. The van der Waals surface area contributed by atoms with Crippen molar-refractivity contribution in [2.45, 2.75) is 30.2 Å². The predicted molar refractivity (Wildman–Crippen MR) is 128 cm³/mol. The maximum atomic E-state index is 13.1. The van der Waals surface area contributed by atoms with Crippen molar-refractivity contribution in [2.75, 3.05) is 43.6 Å². The Bertz CT molecular complexity index is 1340. The third-order valence-corrected chi connectivity index (χ3v) is 8.11. The normalized spacial score (nSPS) is 16.1. The molecule has 0 bridgehead atoms. The van der Waals surface area contributed by atoms with Gasteiger partial charge in [0, 0.05) is 32.7 Å². The quantitative estimate of drug-likeness (QED) is 0.588. The SMILES string of the molecule is Cc1ccc(S(=O)(=O)c2cnc(N3CCN(Cc4ccc5c(c4)OCO5)CC3)nc2N)cc1C. The second-order valence-corrected chi connectivity index (χ2v) is 10.5. The summed E-state index contributed by atoms with van der Waals surface area (Å²) in [5.41, 5.74) is 9.19. The van der Waals surface area contributed by atoms with Crippen molar-refractivity contribution in [3.63, 3.8) is 0 Å². The first-order valence-corrected chi connectivity index (χ1v) is 12.6. The number of hydrogen-bond acceptors (Lipinski definition) is 9. The van der Waals surface area contributed by atoms with Gasteiger partial charge in [0.05, 0.1) is 11.1 Å². The number of nitrogen functional groups attached to an aromatic ring is 1. The first kappa shape index (κ1) is 22.4. The lowest BCUT2D eigenvalue weighted by Crippen LogP contribution is -2.46. The van der Waals surface area contributed by atoms with Gasteiger partial charge in [-0.2, -0.15) is 4.98 Å². The van der Waals surface area contributed by atoms with Crippen LogP contribution in [0.4, 0.5) is 11.8 Å². The number of piperazine rings is 1. The Labute approximate surface area is 199 Å². The van der Waals surface area contributed by atoms with E-state index in [9.17, 15) is 8.42 Å². The van der Waals surface area contributed by atoms with Gasteiger partial charge in [0.1, 0.15) is 10.7 Å². The van der Waals surface area contributed by atoms with Crippen molar-refractivity contribution in [3.05, 3.63) is 59.3 Å². The number of sulfone groups is 1. The first-order chi connectivity index (χ1) is 16.3. The molecule has 0 saturated carbocycles. The number of rotatable bonds is 5. The van der Waals surface area contributed by atoms with Crippen LogP contribution < -0.4 is 20.1 Å². The molecule has 1 fully saturated rings. The van der Waals surface area contributed by atoms with E-state index >= 15 is 0 Å². The fraction of sp³-hybridized carbons (Fsp3) is 0.333. The van der Waals surface area contributed by atoms with Gasteiger partial charge in [-0.1, -0.05) is 12.1 Å². The molecule has 0 spiro atoms. The fourth-order valence-electron chi connectivity index (χ4n) is 4.15. The Kier molecular flexibility index (Phi) is 5.78. The highest BCUT2D eigenvalue weighted by Gasteiger charge is 2.25. The lowest BCUT2D eigenvalue weighted by Gasteiger charge is -2.34. The molecule has 2 aliphatic heterocycles. The summed E-state index contributed by atoms with van der Waals surface area (Å²) in [5.74, 6) is 1.98. The molecule has 34 heavy (non-hydrogen) atoms. The summed E-state index contributed by atoms with van der Waals surface area (Å²) < 4.78 is 37.0. The molecule has 0 atom stereocenters. The molecular weight excluding hydrogens is 454 g/mol. The minimum atomic E-state index is -3.80. The number of anilines is 2. The van der Waals surface area contributed by atoms with E-state index in [0.717, 1.165) is 42.3 Å². The topological polar surface area (TPSA) is 111 Å². The van der Waals surface area contributed by atoms with Crippen LogP contribution in [0.3, 0.4) is 0 Å². The van der Waals surface area contributed by atoms with Gasteiger partial charge in [-0.15, -0.1) is 0 Å². The summed E-state index contributed by atoms with van der Waals surface area (Å²) in [6, 6.07) is 11.0. The van der Waals surface area contributed by atoms with E-state index in [2.05, 4.69) is 20.9 Å². The second kappa shape index (κ2) is 8.77. The Balaban J connectivity index is 1.26. The molecular formula is C24H27N5O4S. The average molecular weight is 482 g/mol. The van der Waals surface area contributed by atoms with Crippen LogP contribution in [0.1, 0.15) is 16.7 Å². The van der Waals surface area contributed by atoms with Gasteiger partial charge in [-0.25, -0.2) is 13.4 Å². The van der Waals surface area contributed by atoms with Crippen LogP contribution in [0.25, 0.3) is 0 Å². The lowest BCUT2D eigenvalue weighted by atomic mass is 10.1. The van der Waals surface area contributed by atoms with Gasteiger partial charge >= 0.3 is 0 Å². The molecule has 0 aliphatic carbocycles. The van der Waals surface area contributed by atoms with Crippen molar-refractivity contribution in [1.82, 2.24) is 14.9 Å². The van der Waals surface area contributed by atoms with Gasteiger partial charge in [-0.3, -0.25) is 4.90 Å². The molecule has 3 heterocycles. The van der Waals surface area contributed by atoms with Crippen LogP contribution in [-0.4, -0.2) is 56.3 Å². The highest BCUT2D eigenvalue weighted by molar-refractivity contribution is 7.91. The summed E-state index contributed by atoms with van der Waals surface area (Å²) in [6.07, 6.45) is 1.32. The molecule has 10 heteroatoms. The van der Waals surface area contributed by atoms with Crippen molar-refractivity contribution >= 4 is 21.6 Å². The monoisotopic (exact) mass is 481 g/mol. The van der Waals surface area contributed by atoms with E-state index in [1.54, 1.807) is 18.2 Å². The smallest absolute Gasteiger partial charge is 0.231 e. The van der Waals surface area contributed by atoms with E-state index in [-0.39, 0.29) is 22.4 Å². The summed E-state index contributed by atoms with van der Waals surface area (Å²) in [7, 11) is -3.80. The molecule has 1 aromatic heterocycles. The minimum Gasteiger partial charge on any atom is -0.454 e. The van der Waals surface area contributed by atoms with Gasteiger partial charge in [0.2, 0.25) is 22.6 Å². The zero-order valence-corrected chi connectivity index (χ0v) is 20.0. The van der Waals surface area contributed by atoms with E-state index in [1.165, 1.54) is 11.8 Å². The molecule has 0 unspecified atom stereocenters. The number of nitrogens with two attached hydrogens (primary N) is 1. The highest BCUT2D eigenvalue weighted by Crippen LogP contribution is 2.33. The molecule has 2 aliphatic rings. The van der Waals surface area contributed by atoms with Crippen LogP contribution in [0, 0.1) is 13.8 Å². The van der Waals surface area contributed by atoms with Crippen LogP contribution >= 0.6 is 0 Å². The average Bonchev–Trinajstić information content (AvgIpc) is 3.29. The predicted octanol–water partition coefficient (Wildman–Crippen LogP) is 2.56. The van der Waals surface area contributed by atoms with Crippen LogP contribution in [0.2, 0.25) is 0 Å². The third kappa shape index (κ3) is 4.26. The Morgan fingerprint density at radius 3 is 2.47 bits per heavy atom. The number of benzene rings is 2. The van der Waals surface area contributed by atoms with Crippen LogP contribution in [-0.2, 0) is 16.4 Å². The van der Waals surface area contributed by atoms with Gasteiger partial charge in [0.15, 0.2) is 11.5 Å². The molecule has 3 aromatic rings. The summed E-state index contributed by atoms with van der Waals surface area (Å²) in [5, 5.41) is 0. The second-order valence-electron chi connectivity index (χ2n) is 8.62. The number of nitrogens with zero attached hydrogens (tertiary/aromatic N) is 4. The van der Waals surface area contributed by atoms with Crippen molar-refractivity contribution in [1.29, 1.82) is 0 Å². The maximum Gasteiger partial charge on any atom is 0.231 e. The molecule has 5 rings (SSSR count). The van der Waals surface area contributed by atoms with Crippen molar-refractivity contribution in [2.24, 2.45) is 0 Å². The summed E-state index contributed by atoms with van der Waals surface area (Å²) in [4.78, 5) is 13.2. The van der Waals surface area contributed by atoms with Crippen LogP contribution in [0.15, 0.2) is 52.4 Å². The fourth-order valence-corrected chi connectivity index (χ4v) is 5.49. The largest absolute Gasteiger partial charge is 0.454 e. The Morgan fingerprint density at radius 1 is 0.971 bits per heavy atom. The summed E-state index contributed by atoms with van der Waals surface area (Å²) >= 11 is 0.